The molecule has 3 heteroatoms. The Bertz CT molecular complexity index is 682. The van der Waals surface area contributed by atoms with Gasteiger partial charge in [-0.1, -0.05) is 29.8 Å². The zero-order chi connectivity index (χ0) is 15.4. The minimum absolute atomic E-state index is 0.133. The van der Waals surface area contributed by atoms with Gasteiger partial charge >= 0.3 is 0 Å². The first-order valence-corrected chi connectivity index (χ1v) is 7.70. The summed E-state index contributed by atoms with van der Waals surface area (Å²) in [6.45, 7) is 3.57. The number of aromatic nitrogens is 1. The molecule has 3 nitrogen and oxygen atoms in total. The third-order valence-corrected chi connectivity index (χ3v) is 3.98. The first kappa shape index (κ1) is 14.5. The van der Waals surface area contributed by atoms with Crippen molar-refractivity contribution in [3.63, 3.8) is 0 Å². The van der Waals surface area contributed by atoms with Gasteiger partial charge in [-0.2, -0.15) is 0 Å². The molecule has 0 atom stereocenters. The van der Waals surface area contributed by atoms with Gasteiger partial charge in [-0.3, -0.25) is 9.78 Å². The van der Waals surface area contributed by atoms with Crippen molar-refractivity contribution in [1.82, 2.24) is 9.88 Å². The third kappa shape index (κ3) is 3.42. The topological polar surface area (TPSA) is 33.2 Å². The number of rotatable bonds is 2. The van der Waals surface area contributed by atoms with E-state index in [-0.39, 0.29) is 5.91 Å². The molecule has 0 spiro atoms. The molecule has 1 amide bonds. The van der Waals surface area contributed by atoms with E-state index in [1.807, 2.05) is 60.4 Å². The summed E-state index contributed by atoms with van der Waals surface area (Å²) in [5.41, 5.74) is 4.19. The summed E-state index contributed by atoms with van der Waals surface area (Å²) in [6.07, 6.45) is 4.01. The maximum Gasteiger partial charge on any atom is 0.253 e. The van der Waals surface area contributed by atoms with Crippen LogP contribution in [0.2, 0.25) is 0 Å². The maximum atomic E-state index is 12.4. The van der Waals surface area contributed by atoms with Gasteiger partial charge in [0.05, 0.1) is 5.69 Å². The number of nitrogens with zero attached hydrogens (tertiary/aromatic N) is 2. The molecule has 1 aliphatic rings. The third-order valence-electron chi connectivity index (χ3n) is 3.98. The van der Waals surface area contributed by atoms with Crippen LogP contribution in [0.25, 0.3) is 6.08 Å². The fraction of sp³-hybridized carbons (Fsp3) is 0.263. The van der Waals surface area contributed by atoms with Crippen LogP contribution >= 0.6 is 0 Å². The van der Waals surface area contributed by atoms with Crippen molar-refractivity contribution in [2.75, 3.05) is 13.1 Å². The second kappa shape index (κ2) is 6.56. The number of hydrogen-bond donors (Lipinski definition) is 0. The molecule has 0 radical (unpaired) electrons. The lowest BCUT2D eigenvalue weighted by molar-refractivity contribution is 0.0744. The molecule has 112 valence electrons. The van der Waals surface area contributed by atoms with Crippen LogP contribution in [-0.2, 0) is 0 Å². The zero-order valence-corrected chi connectivity index (χ0v) is 12.8. The number of amides is 1. The number of likely N-dealkylation sites (tertiary alicyclic amines) is 1. The number of benzene rings is 1. The lowest BCUT2D eigenvalue weighted by atomic mass is 10.0. The second-order valence-electron chi connectivity index (χ2n) is 5.66. The fourth-order valence-corrected chi connectivity index (χ4v) is 2.76. The normalized spacial score (nSPS) is 14.8. The average molecular weight is 292 g/mol. The number of carbonyl (C=O) groups excluding carboxylic acids is 1. The van der Waals surface area contributed by atoms with Gasteiger partial charge < -0.3 is 4.90 Å². The van der Waals surface area contributed by atoms with Gasteiger partial charge in [0.2, 0.25) is 0 Å². The Labute approximate surface area is 131 Å². The van der Waals surface area contributed by atoms with Gasteiger partial charge in [0.25, 0.3) is 5.91 Å². The van der Waals surface area contributed by atoms with Crippen molar-refractivity contribution in [1.29, 1.82) is 0 Å². The van der Waals surface area contributed by atoms with Crippen molar-refractivity contribution in [3.05, 3.63) is 71.1 Å². The van der Waals surface area contributed by atoms with Crippen molar-refractivity contribution >= 4 is 12.0 Å². The van der Waals surface area contributed by atoms with Crippen LogP contribution in [0.4, 0.5) is 0 Å². The summed E-state index contributed by atoms with van der Waals surface area (Å²) in [5.74, 6) is 0.133. The lowest BCUT2D eigenvalue weighted by Crippen LogP contribution is -2.36. The molecule has 3 rings (SSSR count). The van der Waals surface area contributed by atoms with E-state index in [0.29, 0.717) is 0 Å². The maximum absolute atomic E-state index is 12.4. The van der Waals surface area contributed by atoms with E-state index in [4.69, 9.17) is 0 Å². The molecule has 2 aromatic rings. The number of carbonyl (C=O) groups is 1. The van der Waals surface area contributed by atoms with Crippen LogP contribution in [0.5, 0.6) is 0 Å². The summed E-state index contributed by atoms with van der Waals surface area (Å²) in [5, 5.41) is 0. The molecular formula is C19H20N2O. The molecule has 22 heavy (non-hydrogen) atoms. The Kier molecular flexibility index (Phi) is 4.33. The van der Waals surface area contributed by atoms with Crippen molar-refractivity contribution < 1.29 is 4.79 Å². The van der Waals surface area contributed by atoms with E-state index in [0.717, 1.165) is 42.9 Å². The molecule has 1 aromatic carbocycles. The summed E-state index contributed by atoms with van der Waals surface area (Å²) in [7, 11) is 0. The van der Waals surface area contributed by atoms with E-state index in [1.54, 1.807) is 0 Å². The highest BCUT2D eigenvalue weighted by Gasteiger charge is 2.20. The van der Waals surface area contributed by atoms with Crippen molar-refractivity contribution in [2.24, 2.45) is 0 Å². The highest BCUT2D eigenvalue weighted by Crippen LogP contribution is 2.20. The van der Waals surface area contributed by atoms with Crippen LogP contribution in [-0.4, -0.2) is 28.9 Å². The standard InChI is InChI=1S/C19H20N2O/c1-15-6-5-9-18(20-15)14-16-10-12-21(13-11-16)19(22)17-7-3-2-4-8-17/h2-9,14H,10-13H2,1H3. The summed E-state index contributed by atoms with van der Waals surface area (Å²) >= 11 is 0. The number of hydrogen-bond acceptors (Lipinski definition) is 2. The van der Waals surface area contributed by atoms with Gasteiger partial charge in [0, 0.05) is 24.3 Å². The van der Waals surface area contributed by atoms with Crippen LogP contribution in [0.3, 0.4) is 0 Å². The van der Waals surface area contributed by atoms with E-state index in [9.17, 15) is 4.79 Å². The smallest absolute Gasteiger partial charge is 0.253 e. The monoisotopic (exact) mass is 292 g/mol. The van der Waals surface area contributed by atoms with Crippen LogP contribution in [0, 0.1) is 6.92 Å². The Morgan fingerprint density at radius 3 is 2.45 bits per heavy atom. The fourth-order valence-electron chi connectivity index (χ4n) is 2.76. The molecule has 0 unspecified atom stereocenters. The molecule has 0 N–H and O–H groups in total. The van der Waals surface area contributed by atoms with E-state index in [1.165, 1.54) is 5.57 Å². The molecule has 1 fully saturated rings. The first-order chi connectivity index (χ1) is 10.7. The van der Waals surface area contributed by atoms with Gasteiger partial charge in [0.1, 0.15) is 0 Å². The molecular weight excluding hydrogens is 272 g/mol. The van der Waals surface area contributed by atoms with Crippen LogP contribution < -0.4 is 0 Å². The van der Waals surface area contributed by atoms with Gasteiger partial charge in [0.15, 0.2) is 0 Å². The van der Waals surface area contributed by atoms with Crippen molar-refractivity contribution in [2.45, 2.75) is 19.8 Å². The quantitative estimate of drug-likeness (QED) is 0.845. The van der Waals surface area contributed by atoms with E-state index < -0.39 is 0 Å². The highest BCUT2D eigenvalue weighted by molar-refractivity contribution is 5.94. The Balaban J connectivity index is 1.64. The van der Waals surface area contributed by atoms with E-state index >= 15 is 0 Å². The zero-order valence-electron chi connectivity index (χ0n) is 12.8. The minimum Gasteiger partial charge on any atom is -0.338 e. The predicted octanol–water partition coefficient (Wildman–Crippen LogP) is 3.71. The Morgan fingerprint density at radius 1 is 1.05 bits per heavy atom. The Hall–Kier alpha value is -2.42. The van der Waals surface area contributed by atoms with Crippen LogP contribution in [0.15, 0.2) is 54.1 Å². The van der Waals surface area contributed by atoms with E-state index in [2.05, 4.69) is 11.1 Å². The SMILES string of the molecule is Cc1cccc(C=C2CCN(C(=O)c3ccccc3)CC2)n1. The molecule has 1 aliphatic heterocycles. The molecule has 1 aromatic heterocycles. The first-order valence-electron chi connectivity index (χ1n) is 7.70. The van der Waals surface area contributed by atoms with Crippen molar-refractivity contribution in [3.8, 4) is 0 Å². The number of piperidine rings is 1. The lowest BCUT2D eigenvalue weighted by Gasteiger charge is -2.28. The van der Waals surface area contributed by atoms with Gasteiger partial charge in [-0.05, 0) is 50.1 Å². The number of aryl methyl sites for hydroxylation is 1. The number of pyridine rings is 1. The molecule has 1 saturated heterocycles. The van der Waals surface area contributed by atoms with Gasteiger partial charge in [-0.25, -0.2) is 0 Å². The second-order valence-corrected chi connectivity index (χ2v) is 5.66. The van der Waals surface area contributed by atoms with Crippen LogP contribution in [0.1, 0.15) is 34.6 Å². The minimum atomic E-state index is 0.133. The summed E-state index contributed by atoms with van der Waals surface area (Å²) in [4.78, 5) is 18.9. The molecule has 0 aliphatic carbocycles. The van der Waals surface area contributed by atoms with Gasteiger partial charge in [-0.15, -0.1) is 0 Å². The highest BCUT2D eigenvalue weighted by atomic mass is 16.2. The predicted molar refractivity (Wildman–Crippen MR) is 88.5 cm³/mol. The molecule has 2 heterocycles. The summed E-state index contributed by atoms with van der Waals surface area (Å²) < 4.78 is 0. The molecule has 0 saturated carbocycles. The molecule has 0 bridgehead atoms. The largest absolute Gasteiger partial charge is 0.338 e. The Morgan fingerprint density at radius 2 is 1.77 bits per heavy atom. The average Bonchev–Trinajstić information content (AvgIpc) is 2.56. The summed E-state index contributed by atoms with van der Waals surface area (Å²) in [6, 6.07) is 15.6.